The van der Waals surface area contributed by atoms with Gasteiger partial charge in [-0.25, -0.2) is 0 Å². The molecule has 0 heterocycles. The Balaban J connectivity index is 3.58. The first-order valence-electron chi connectivity index (χ1n) is 20.3. The van der Waals surface area contributed by atoms with Crippen molar-refractivity contribution >= 4 is 0 Å². The summed E-state index contributed by atoms with van der Waals surface area (Å²) in [4.78, 5) is 2.68. The van der Waals surface area contributed by atoms with Gasteiger partial charge < -0.3 is 4.90 Å². The molecule has 254 valence electrons. The summed E-state index contributed by atoms with van der Waals surface area (Å²) in [7, 11) is 2.38. The van der Waals surface area contributed by atoms with Gasteiger partial charge in [0.1, 0.15) is 0 Å². The maximum Gasteiger partial charge on any atom is 0.00949 e. The van der Waals surface area contributed by atoms with Crippen LogP contribution in [0.5, 0.6) is 0 Å². The molecule has 0 saturated carbocycles. The Kier molecular flexibility index (Phi) is 35.4. The van der Waals surface area contributed by atoms with Crippen molar-refractivity contribution in [2.75, 3.05) is 7.05 Å². The van der Waals surface area contributed by atoms with Gasteiger partial charge in [0.15, 0.2) is 0 Å². The van der Waals surface area contributed by atoms with Crippen LogP contribution in [0.25, 0.3) is 0 Å². The van der Waals surface area contributed by atoms with Crippen LogP contribution < -0.4 is 0 Å². The average molecular weight is 592 g/mol. The van der Waals surface area contributed by atoms with Crippen LogP contribution in [-0.4, -0.2) is 24.0 Å². The van der Waals surface area contributed by atoms with Crippen molar-refractivity contribution in [3.05, 3.63) is 0 Å². The van der Waals surface area contributed by atoms with Crippen molar-refractivity contribution in [3.8, 4) is 0 Å². The van der Waals surface area contributed by atoms with Crippen molar-refractivity contribution in [2.45, 2.75) is 258 Å². The van der Waals surface area contributed by atoms with E-state index in [0.29, 0.717) is 6.04 Å². The number of hydrogen-bond acceptors (Lipinski definition) is 1. The van der Waals surface area contributed by atoms with E-state index in [1.165, 1.54) is 218 Å². The molecule has 0 bridgehead atoms. The van der Waals surface area contributed by atoms with Gasteiger partial charge in [-0.15, -0.1) is 0 Å². The van der Waals surface area contributed by atoms with Gasteiger partial charge in [0, 0.05) is 12.1 Å². The van der Waals surface area contributed by atoms with Gasteiger partial charge in [0.2, 0.25) is 0 Å². The quantitative estimate of drug-likeness (QED) is 0.0655. The summed E-state index contributed by atoms with van der Waals surface area (Å²) in [5.74, 6) is 0. The lowest BCUT2D eigenvalue weighted by molar-refractivity contribution is 0.169. The van der Waals surface area contributed by atoms with Crippen molar-refractivity contribution in [2.24, 2.45) is 0 Å². The van der Waals surface area contributed by atoms with Gasteiger partial charge in [-0.1, -0.05) is 219 Å². The summed E-state index contributed by atoms with van der Waals surface area (Å²) in [6.07, 6.45) is 49.7. The Morgan fingerprint density at radius 3 is 0.690 bits per heavy atom. The molecule has 1 nitrogen and oxygen atoms in total. The second-order valence-corrected chi connectivity index (χ2v) is 14.6. The van der Waals surface area contributed by atoms with E-state index in [4.69, 9.17) is 0 Å². The molecule has 0 amide bonds. The van der Waals surface area contributed by atoms with E-state index >= 15 is 0 Å². The highest BCUT2D eigenvalue weighted by molar-refractivity contribution is 4.72. The molecule has 1 heteroatoms. The van der Waals surface area contributed by atoms with Crippen LogP contribution in [0.2, 0.25) is 0 Å². The van der Waals surface area contributed by atoms with Crippen molar-refractivity contribution in [1.29, 1.82) is 0 Å². The topological polar surface area (TPSA) is 3.24 Å². The minimum atomic E-state index is 0.678. The molecular formula is C41H85N. The van der Waals surface area contributed by atoms with Crippen molar-refractivity contribution < 1.29 is 0 Å². The Morgan fingerprint density at radius 2 is 0.500 bits per heavy atom. The predicted molar refractivity (Wildman–Crippen MR) is 195 cm³/mol. The van der Waals surface area contributed by atoms with Crippen LogP contribution in [-0.2, 0) is 0 Å². The van der Waals surface area contributed by atoms with Crippen LogP contribution in [0, 0.1) is 0 Å². The fraction of sp³-hybridized carbons (Fsp3) is 1.00. The Hall–Kier alpha value is -0.0400. The predicted octanol–water partition coefficient (Wildman–Crippen LogP) is 15.0. The van der Waals surface area contributed by atoms with Gasteiger partial charge in [0.05, 0.1) is 0 Å². The highest BCUT2D eigenvalue weighted by Gasteiger charge is 2.16. The number of rotatable bonds is 36. The van der Waals surface area contributed by atoms with Crippen molar-refractivity contribution in [3.63, 3.8) is 0 Å². The summed E-state index contributed by atoms with van der Waals surface area (Å²) in [6.45, 7) is 9.39. The van der Waals surface area contributed by atoms with Crippen LogP contribution in [0.1, 0.15) is 246 Å². The van der Waals surface area contributed by atoms with E-state index in [1.54, 1.807) is 0 Å². The summed E-state index contributed by atoms with van der Waals surface area (Å²) in [5, 5.41) is 0. The Bertz CT molecular complexity index is 435. The first-order chi connectivity index (χ1) is 20.6. The zero-order chi connectivity index (χ0) is 30.8. The number of hydrogen-bond donors (Lipinski definition) is 0. The third-order valence-corrected chi connectivity index (χ3v) is 10.2. The lowest BCUT2D eigenvalue weighted by atomic mass is 9.98. The monoisotopic (exact) mass is 592 g/mol. The molecule has 0 rings (SSSR count). The van der Waals surface area contributed by atoms with E-state index in [9.17, 15) is 0 Å². The molecule has 0 aliphatic heterocycles. The molecule has 0 aromatic heterocycles. The standard InChI is InChI=1S/C41H85N/c1-6-8-10-12-14-16-18-20-22-24-26-28-30-32-34-36-38-41(42(5)40(3)4)39-37-35-33-31-29-27-25-23-21-19-17-15-13-11-9-7-2/h40-41H,6-39H2,1-5H3. The second-order valence-electron chi connectivity index (χ2n) is 14.6. The zero-order valence-electron chi connectivity index (χ0n) is 30.6. The maximum atomic E-state index is 2.68. The second kappa shape index (κ2) is 35.4. The van der Waals surface area contributed by atoms with E-state index in [0.717, 1.165) is 6.04 Å². The molecule has 0 unspecified atom stereocenters. The number of unbranched alkanes of at least 4 members (excludes halogenated alkanes) is 30. The van der Waals surface area contributed by atoms with E-state index in [2.05, 4.69) is 39.6 Å². The first kappa shape index (κ1) is 42.0. The van der Waals surface area contributed by atoms with Crippen LogP contribution in [0.4, 0.5) is 0 Å². The molecule has 0 aliphatic rings. The van der Waals surface area contributed by atoms with Gasteiger partial charge in [-0.2, -0.15) is 0 Å². The minimum Gasteiger partial charge on any atom is -0.301 e. The fourth-order valence-corrected chi connectivity index (χ4v) is 6.83. The van der Waals surface area contributed by atoms with E-state index < -0.39 is 0 Å². The van der Waals surface area contributed by atoms with Crippen molar-refractivity contribution in [1.82, 2.24) is 4.90 Å². The summed E-state index contributed by atoms with van der Waals surface area (Å²) >= 11 is 0. The summed E-state index contributed by atoms with van der Waals surface area (Å²) < 4.78 is 0. The molecule has 0 fully saturated rings. The molecule has 0 aromatic carbocycles. The van der Waals surface area contributed by atoms with Gasteiger partial charge in [0.25, 0.3) is 0 Å². The Morgan fingerprint density at radius 1 is 0.310 bits per heavy atom. The molecule has 0 aliphatic carbocycles. The summed E-state index contributed by atoms with van der Waals surface area (Å²) in [6, 6.07) is 1.49. The van der Waals surface area contributed by atoms with E-state index in [-0.39, 0.29) is 0 Å². The average Bonchev–Trinajstić information content (AvgIpc) is 2.99. The fourth-order valence-electron chi connectivity index (χ4n) is 6.83. The van der Waals surface area contributed by atoms with Crippen LogP contribution >= 0.6 is 0 Å². The van der Waals surface area contributed by atoms with Crippen LogP contribution in [0.15, 0.2) is 0 Å². The Labute approximate surface area is 269 Å². The smallest absolute Gasteiger partial charge is 0.00949 e. The molecule has 0 radical (unpaired) electrons. The first-order valence-corrected chi connectivity index (χ1v) is 20.3. The highest BCUT2D eigenvalue weighted by atomic mass is 15.1. The maximum absolute atomic E-state index is 2.68. The third-order valence-electron chi connectivity index (χ3n) is 10.2. The SMILES string of the molecule is CCCCCCCCCCCCCCCCCCC(CCCCCCCCCCCCCCCCCC)N(C)C(C)C. The van der Waals surface area contributed by atoms with Crippen LogP contribution in [0.3, 0.4) is 0 Å². The molecular weight excluding hydrogens is 506 g/mol. The minimum absolute atomic E-state index is 0.678. The molecule has 0 saturated heterocycles. The lowest BCUT2D eigenvalue weighted by Crippen LogP contribution is -2.37. The normalized spacial score (nSPS) is 12.0. The lowest BCUT2D eigenvalue weighted by Gasteiger charge is -2.31. The highest BCUT2D eigenvalue weighted by Crippen LogP contribution is 2.20. The molecule has 42 heavy (non-hydrogen) atoms. The molecule has 0 aromatic rings. The largest absolute Gasteiger partial charge is 0.301 e. The molecule has 0 N–H and O–H groups in total. The molecule has 0 spiro atoms. The van der Waals surface area contributed by atoms with Gasteiger partial charge >= 0.3 is 0 Å². The third kappa shape index (κ3) is 31.4. The summed E-state index contributed by atoms with van der Waals surface area (Å²) in [5.41, 5.74) is 0. The van der Waals surface area contributed by atoms with E-state index in [1.807, 2.05) is 0 Å². The van der Waals surface area contributed by atoms with Gasteiger partial charge in [-0.05, 0) is 33.7 Å². The molecule has 0 atom stereocenters. The van der Waals surface area contributed by atoms with Gasteiger partial charge in [-0.3, -0.25) is 0 Å². The zero-order valence-corrected chi connectivity index (χ0v) is 30.6. The number of nitrogens with zero attached hydrogens (tertiary/aromatic N) is 1.